The maximum atomic E-state index is 12.3. The smallest absolute Gasteiger partial charge is 0.326 e. The van der Waals surface area contributed by atoms with Gasteiger partial charge in [-0.2, -0.15) is 0 Å². The Labute approximate surface area is 105 Å². The summed E-state index contributed by atoms with van der Waals surface area (Å²) in [6.07, 6.45) is 3.20. The fraction of sp³-hybridized carbons (Fsp3) is 0.929. The van der Waals surface area contributed by atoms with E-state index in [-0.39, 0.29) is 5.97 Å². The molecule has 0 aromatic carbocycles. The normalized spacial score (nSPS) is 33.8. The van der Waals surface area contributed by atoms with Gasteiger partial charge in [-0.3, -0.25) is 10.1 Å². The van der Waals surface area contributed by atoms with E-state index in [1.807, 2.05) is 6.92 Å². The molecule has 3 atom stereocenters. The van der Waals surface area contributed by atoms with Gasteiger partial charge >= 0.3 is 5.97 Å². The molecule has 1 aliphatic rings. The van der Waals surface area contributed by atoms with Gasteiger partial charge in [0.1, 0.15) is 5.54 Å². The number of carbonyl (C=O) groups is 1. The lowest BCUT2D eigenvalue weighted by molar-refractivity contribution is -0.156. The molecular weight excluding hydrogens is 214 g/mol. The van der Waals surface area contributed by atoms with E-state index in [1.54, 1.807) is 0 Å². The van der Waals surface area contributed by atoms with Crippen LogP contribution in [0.4, 0.5) is 0 Å². The van der Waals surface area contributed by atoms with Gasteiger partial charge < -0.3 is 4.74 Å². The fourth-order valence-electron chi connectivity index (χ4n) is 2.95. The van der Waals surface area contributed by atoms with Gasteiger partial charge in [0.25, 0.3) is 0 Å². The number of hydrogen-bond donors (Lipinski definition) is 1. The van der Waals surface area contributed by atoms with Crippen LogP contribution in [-0.2, 0) is 9.53 Å². The van der Waals surface area contributed by atoms with Crippen LogP contribution in [0.3, 0.4) is 0 Å². The molecule has 17 heavy (non-hydrogen) atoms. The molecule has 0 aromatic heterocycles. The molecule has 0 aromatic rings. The Morgan fingerprint density at radius 2 is 2.06 bits per heavy atom. The minimum absolute atomic E-state index is 0.0623. The molecule has 3 unspecified atom stereocenters. The van der Waals surface area contributed by atoms with E-state index < -0.39 is 5.54 Å². The summed E-state index contributed by atoms with van der Waals surface area (Å²) in [5.41, 5.74) is -0.470. The average Bonchev–Trinajstić information content (AvgIpc) is 2.23. The van der Waals surface area contributed by atoms with Crippen molar-refractivity contribution in [2.75, 3.05) is 6.61 Å². The Morgan fingerprint density at radius 3 is 2.59 bits per heavy atom. The van der Waals surface area contributed by atoms with Crippen LogP contribution in [-0.4, -0.2) is 24.2 Å². The van der Waals surface area contributed by atoms with Gasteiger partial charge in [0, 0.05) is 6.04 Å². The van der Waals surface area contributed by atoms with E-state index >= 15 is 0 Å². The van der Waals surface area contributed by atoms with E-state index in [0.717, 1.165) is 12.8 Å². The molecule has 1 rings (SSSR count). The zero-order chi connectivity index (χ0) is 13.1. The molecule has 0 amide bonds. The number of rotatable bonds is 4. The monoisotopic (exact) mass is 241 g/mol. The molecule has 1 aliphatic carbocycles. The van der Waals surface area contributed by atoms with Crippen LogP contribution in [0.2, 0.25) is 0 Å². The number of esters is 1. The first-order chi connectivity index (χ1) is 7.92. The second-order valence-corrected chi connectivity index (χ2v) is 5.78. The van der Waals surface area contributed by atoms with Crippen LogP contribution in [0.25, 0.3) is 0 Å². The van der Waals surface area contributed by atoms with E-state index in [1.165, 1.54) is 6.42 Å². The highest BCUT2D eigenvalue weighted by atomic mass is 16.5. The minimum Gasteiger partial charge on any atom is -0.465 e. The van der Waals surface area contributed by atoms with Gasteiger partial charge in [-0.05, 0) is 45.4 Å². The second-order valence-electron chi connectivity index (χ2n) is 5.78. The lowest BCUT2D eigenvalue weighted by atomic mass is 9.69. The lowest BCUT2D eigenvalue weighted by Crippen LogP contribution is -2.61. The Bertz CT molecular complexity index is 261. The lowest BCUT2D eigenvalue weighted by Gasteiger charge is -2.44. The van der Waals surface area contributed by atoms with Crippen molar-refractivity contribution in [3.63, 3.8) is 0 Å². The standard InChI is InChI=1S/C14H27NO2/c1-6-17-13(16)14(15-10(2)3)9-11(4)7-8-12(14)5/h10-12,15H,6-9H2,1-5H3. The van der Waals surface area contributed by atoms with E-state index in [9.17, 15) is 4.79 Å². The Kier molecular flexibility index (Phi) is 4.99. The summed E-state index contributed by atoms with van der Waals surface area (Å²) >= 11 is 0. The predicted octanol–water partition coefficient (Wildman–Crippen LogP) is 2.74. The molecule has 3 nitrogen and oxygen atoms in total. The summed E-state index contributed by atoms with van der Waals surface area (Å²) in [5.74, 6) is 0.870. The van der Waals surface area contributed by atoms with Crippen molar-refractivity contribution in [2.45, 2.75) is 65.5 Å². The molecular formula is C14H27NO2. The molecule has 0 saturated heterocycles. The zero-order valence-electron chi connectivity index (χ0n) is 11.9. The Hall–Kier alpha value is -0.570. The second kappa shape index (κ2) is 5.85. The molecule has 0 bridgehead atoms. The third-order valence-corrected chi connectivity index (χ3v) is 3.79. The quantitative estimate of drug-likeness (QED) is 0.769. The SMILES string of the molecule is CCOC(=O)C1(NC(C)C)CC(C)CCC1C. The molecule has 100 valence electrons. The van der Waals surface area contributed by atoms with Crippen LogP contribution >= 0.6 is 0 Å². The first-order valence-corrected chi connectivity index (χ1v) is 6.87. The van der Waals surface area contributed by atoms with Crippen molar-refractivity contribution >= 4 is 5.97 Å². The number of ether oxygens (including phenoxy) is 1. The summed E-state index contributed by atoms with van der Waals surface area (Å²) in [5, 5.41) is 3.49. The van der Waals surface area contributed by atoms with Gasteiger partial charge in [0.05, 0.1) is 6.61 Å². The summed E-state index contributed by atoms with van der Waals surface area (Å²) in [6, 6.07) is 0.298. The van der Waals surface area contributed by atoms with E-state index in [0.29, 0.717) is 24.5 Å². The highest BCUT2D eigenvalue weighted by Crippen LogP contribution is 2.38. The summed E-state index contributed by atoms with van der Waals surface area (Å²) in [7, 11) is 0. The maximum absolute atomic E-state index is 12.3. The Balaban J connectivity index is 2.93. The van der Waals surface area contributed by atoms with Crippen LogP contribution in [0.5, 0.6) is 0 Å². The van der Waals surface area contributed by atoms with Crippen molar-refractivity contribution in [3.8, 4) is 0 Å². The zero-order valence-corrected chi connectivity index (χ0v) is 11.9. The maximum Gasteiger partial charge on any atom is 0.326 e. The van der Waals surface area contributed by atoms with Crippen molar-refractivity contribution in [1.29, 1.82) is 0 Å². The van der Waals surface area contributed by atoms with Crippen LogP contribution in [0, 0.1) is 11.8 Å². The highest BCUT2D eigenvalue weighted by molar-refractivity contribution is 5.81. The molecule has 0 heterocycles. The van der Waals surface area contributed by atoms with E-state index in [2.05, 4.69) is 33.0 Å². The third kappa shape index (κ3) is 3.21. The highest BCUT2D eigenvalue weighted by Gasteiger charge is 2.48. The summed E-state index contributed by atoms with van der Waals surface area (Å²) in [4.78, 5) is 12.3. The molecule has 1 N–H and O–H groups in total. The van der Waals surface area contributed by atoms with Gasteiger partial charge in [-0.15, -0.1) is 0 Å². The molecule has 1 saturated carbocycles. The van der Waals surface area contributed by atoms with Crippen LogP contribution < -0.4 is 5.32 Å². The molecule has 0 spiro atoms. The first kappa shape index (κ1) is 14.5. The molecule has 0 aliphatic heterocycles. The summed E-state index contributed by atoms with van der Waals surface area (Å²) < 4.78 is 5.30. The van der Waals surface area contributed by atoms with Crippen molar-refractivity contribution in [3.05, 3.63) is 0 Å². The Morgan fingerprint density at radius 1 is 1.41 bits per heavy atom. The number of carbonyl (C=O) groups excluding carboxylic acids is 1. The number of hydrogen-bond acceptors (Lipinski definition) is 3. The van der Waals surface area contributed by atoms with Crippen molar-refractivity contribution in [1.82, 2.24) is 5.32 Å². The summed E-state index contributed by atoms with van der Waals surface area (Å²) in [6.45, 7) is 10.9. The minimum atomic E-state index is -0.470. The topological polar surface area (TPSA) is 38.3 Å². The molecule has 1 fully saturated rings. The van der Waals surface area contributed by atoms with Gasteiger partial charge in [-0.1, -0.05) is 20.3 Å². The average molecular weight is 241 g/mol. The van der Waals surface area contributed by atoms with Crippen LogP contribution in [0.15, 0.2) is 0 Å². The first-order valence-electron chi connectivity index (χ1n) is 6.87. The fourth-order valence-corrected chi connectivity index (χ4v) is 2.95. The predicted molar refractivity (Wildman–Crippen MR) is 69.8 cm³/mol. The number of nitrogens with one attached hydrogen (secondary N) is 1. The van der Waals surface area contributed by atoms with Gasteiger partial charge in [-0.25, -0.2) is 0 Å². The van der Waals surface area contributed by atoms with Gasteiger partial charge in [0.2, 0.25) is 0 Å². The van der Waals surface area contributed by atoms with Crippen LogP contribution in [0.1, 0.15) is 53.9 Å². The van der Waals surface area contributed by atoms with Gasteiger partial charge in [0.15, 0.2) is 0 Å². The van der Waals surface area contributed by atoms with E-state index in [4.69, 9.17) is 4.74 Å². The van der Waals surface area contributed by atoms with Crippen molar-refractivity contribution in [2.24, 2.45) is 11.8 Å². The third-order valence-electron chi connectivity index (χ3n) is 3.79. The molecule has 0 radical (unpaired) electrons. The largest absolute Gasteiger partial charge is 0.465 e. The molecule has 3 heteroatoms. The van der Waals surface area contributed by atoms with Crippen molar-refractivity contribution < 1.29 is 9.53 Å².